The van der Waals surface area contributed by atoms with E-state index in [1.807, 2.05) is 75.6 Å². The number of nitro groups is 1. The molecule has 0 spiro atoms. The second-order valence-corrected chi connectivity index (χ2v) is 12.8. The Labute approximate surface area is 271 Å². The predicted octanol–water partition coefficient (Wildman–Crippen LogP) is 9.23. The van der Waals surface area contributed by atoms with E-state index >= 15 is 0 Å². The number of aryl methyl sites for hydroxylation is 1. The smallest absolute Gasteiger partial charge is 0.273 e. The molecule has 0 bridgehead atoms. The maximum atomic E-state index is 13.8. The fourth-order valence-corrected chi connectivity index (χ4v) is 6.42. The highest BCUT2D eigenvalue weighted by molar-refractivity contribution is 7.99. The molecular formula is C33H31ClFN5O2S2. The van der Waals surface area contributed by atoms with Gasteiger partial charge in [-0.25, -0.2) is 9.24 Å². The van der Waals surface area contributed by atoms with Crippen LogP contribution in [0.2, 0.25) is 5.02 Å². The van der Waals surface area contributed by atoms with Crippen molar-refractivity contribution in [2.45, 2.75) is 39.6 Å². The highest BCUT2D eigenvalue weighted by Gasteiger charge is 2.20. The number of rotatable bonds is 9. The Morgan fingerprint density at radius 3 is 1.91 bits per heavy atom. The van der Waals surface area contributed by atoms with Crippen molar-refractivity contribution in [1.82, 2.24) is 9.80 Å². The first-order valence-electron chi connectivity index (χ1n) is 13.3. The van der Waals surface area contributed by atoms with Crippen LogP contribution in [0, 0.1) is 40.8 Å². The first-order valence-corrected chi connectivity index (χ1v) is 15.3. The fourth-order valence-electron chi connectivity index (χ4n) is 4.06. The average Bonchev–Trinajstić information content (AvgIpc) is 2.96. The van der Waals surface area contributed by atoms with Crippen molar-refractivity contribution in [2.24, 2.45) is 0 Å². The molecule has 0 saturated carbocycles. The third-order valence-electron chi connectivity index (χ3n) is 6.09. The van der Waals surface area contributed by atoms with Gasteiger partial charge >= 0.3 is 0 Å². The van der Waals surface area contributed by atoms with Crippen molar-refractivity contribution in [3.05, 3.63) is 127 Å². The van der Waals surface area contributed by atoms with E-state index in [-0.39, 0.29) is 22.2 Å². The summed E-state index contributed by atoms with van der Waals surface area (Å²) in [7, 11) is 7.94. The summed E-state index contributed by atoms with van der Waals surface area (Å²) in [6, 6.07) is 23.7. The summed E-state index contributed by atoms with van der Waals surface area (Å²) < 4.78 is 13.8. The lowest BCUT2D eigenvalue weighted by atomic mass is 10.1. The zero-order valence-electron chi connectivity index (χ0n) is 25.0. The number of benzene rings is 4. The minimum absolute atomic E-state index is 0.0873. The highest BCUT2D eigenvalue weighted by Crippen LogP contribution is 2.42. The molecule has 0 aliphatic heterocycles. The lowest BCUT2D eigenvalue weighted by Crippen LogP contribution is -2.11. The maximum absolute atomic E-state index is 13.8. The van der Waals surface area contributed by atoms with Crippen molar-refractivity contribution in [3.63, 3.8) is 0 Å². The van der Waals surface area contributed by atoms with Gasteiger partial charge in [-0.2, -0.15) is 5.26 Å². The van der Waals surface area contributed by atoms with Gasteiger partial charge in [-0.15, -0.1) is 0 Å². The van der Waals surface area contributed by atoms with Crippen LogP contribution in [0.5, 0.6) is 0 Å². The van der Waals surface area contributed by atoms with Crippen molar-refractivity contribution in [1.29, 1.82) is 5.26 Å². The van der Waals surface area contributed by atoms with Crippen LogP contribution in [0.4, 0.5) is 15.8 Å². The molecule has 4 aromatic carbocycles. The van der Waals surface area contributed by atoms with E-state index in [1.54, 1.807) is 13.0 Å². The van der Waals surface area contributed by atoms with Gasteiger partial charge in [0.15, 0.2) is 0 Å². The van der Waals surface area contributed by atoms with E-state index in [1.165, 1.54) is 41.7 Å². The topological polar surface area (TPSA) is 77.8 Å². The van der Waals surface area contributed by atoms with E-state index < -0.39 is 4.92 Å². The normalized spacial score (nSPS) is 10.6. The average molecular weight is 648 g/mol. The standard InChI is InChI=1S/C17H17FN2S.C16H14ClN3O2S/c1-12-8-14(10-19)17(9-15(12)18)21-16-7-5-4-6-13(16)11-20(2)3;1-18-13-9-14(20(21)22)16(8-12(13)17)23-15-7-5-4-6-11(15)10-19(2)3/h4-9H,11H2,1-3H3;4-9H,10H2,2-3H3. The van der Waals surface area contributed by atoms with Gasteiger partial charge in [0.25, 0.3) is 5.69 Å². The molecular weight excluding hydrogens is 617 g/mol. The zero-order valence-corrected chi connectivity index (χ0v) is 27.4. The van der Waals surface area contributed by atoms with Gasteiger partial charge in [-0.05, 0) is 82.1 Å². The SMILES string of the molecule is Cc1cc(C#N)c(Sc2ccccc2CN(C)C)cc1F.[C-]#[N+]c1cc([N+](=O)[O-])c(Sc2ccccc2CN(C)C)cc1Cl. The summed E-state index contributed by atoms with van der Waals surface area (Å²) in [6.07, 6.45) is 0. The molecule has 44 heavy (non-hydrogen) atoms. The second-order valence-electron chi connectivity index (χ2n) is 10.2. The van der Waals surface area contributed by atoms with E-state index in [9.17, 15) is 19.8 Å². The number of nitro benzene ring substituents is 1. The molecule has 11 heteroatoms. The first-order chi connectivity index (χ1) is 20.9. The molecule has 7 nitrogen and oxygen atoms in total. The highest BCUT2D eigenvalue weighted by atomic mass is 35.5. The van der Waals surface area contributed by atoms with Crippen LogP contribution in [0.15, 0.2) is 92.4 Å². The Morgan fingerprint density at radius 2 is 1.43 bits per heavy atom. The molecule has 0 radical (unpaired) electrons. The number of hydrogen-bond donors (Lipinski definition) is 0. The van der Waals surface area contributed by atoms with Crippen molar-refractivity contribution in [3.8, 4) is 6.07 Å². The molecule has 0 aliphatic rings. The number of hydrogen-bond acceptors (Lipinski definition) is 7. The van der Waals surface area contributed by atoms with Gasteiger partial charge in [0, 0.05) is 38.9 Å². The number of halogens is 2. The molecule has 0 unspecified atom stereocenters. The van der Waals surface area contributed by atoms with E-state index in [2.05, 4.69) is 21.9 Å². The Bertz CT molecular complexity index is 1730. The Balaban J connectivity index is 0.000000241. The molecule has 0 amide bonds. The third-order valence-corrected chi connectivity index (χ3v) is 8.73. The summed E-state index contributed by atoms with van der Waals surface area (Å²) in [5, 5.41) is 20.7. The number of nitriles is 1. The van der Waals surface area contributed by atoms with Gasteiger partial charge in [0.2, 0.25) is 5.69 Å². The molecule has 4 aromatic rings. The van der Waals surface area contributed by atoms with Crippen LogP contribution >= 0.6 is 35.1 Å². The van der Waals surface area contributed by atoms with Gasteiger partial charge in [0.05, 0.1) is 22.0 Å². The second kappa shape index (κ2) is 16.2. The van der Waals surface area contributed by atoms with Gasteiger partial charge < -0.3 is 9.80 Å². The van der Waals surface area contributed by atoms with Gasteiger partial charge in [0.1, 0.15) is 11.9 Å². The zero-order chi connectivity index (χ0) is 32.4. The van der Waals surface area contributed by atoms with Crippen LogP contribution in [0.25, 0.3) is 4.85 Å². The molecule has 226 valence electrons. The quantitative estimate of drug-likeness (QED) is 0.102. The molecule has 0 aromatic heterocycles. The third kappa shape index (κ3) is 9.55. The van der Waals surface area contributed by atoms with Crippen LogP contribution in [0.3, 0.4) is 0 Å². The van der Waals surface area contributed by atoms with Crippen LogP contribution < -0.4 is 0 Å². The largest absolute Gasteiger partial charge is 0.305 e. The molecule has 0 atom stereocenters. The fraction of sp³-hybridized carbons (Fsp3) is 0.212. The Kier molecular flexibility index (Phi) is 12.8. The van der Waals surface area contributed by atoms with Crippen molar-refractivity contribution in [2.75, 3.05) is 28.2 Å². The molecule has 0 heterocycles. The molecule has 4 rings (SSSR count). The summed E-state index contributed by atoms with van der Waals surface area (Å²) >= 11 is 8.77. The van der Waals surface area contributed by atoms with Crippen LogP contribution in [-0.4, -0.2) is 42.9 Å². The number of nitrogens with zero attached hydrogens (tertiary/aromatic N) is 5. The van der Waals surface area contributed by atoms with E-state index in [4.69, 9.17) is 18.2 Å². The van der Waals surface area contributed by atoms with Crippen molar-refractivity contribution >= 4 is 46.5 Å². The lowest BCUT2D eigenvalue weighted by Gasteiger charge is -2.14. The van der Waals surface area contributed by atoms with Crippen LogP contribution in [0.1, 0.15) is 22.3 Å². The summed E-state index contributed by atoms with van der Waals surface area (Å²) in [6.45, 7) is 10.2. The Hall–Kier alpha value is -3.90. The summed E-state index contributed by atoms with van der Waals surface area (Å²) in [4.78, 5) is 21.2. The Morgan fingerprint density at radius 1 is 0.909 bits per heavy atom. The monoisotopic (exact) mass is 647 g/mol. The minimum atomic E-state index is -0.484. The maximum Gasteiger partial charge on any atom is 0.273 e. The molecule has 0 aliphatic carbocycles. The molecule has 0 N–H and O–H groups in total. The van der Waals surface area contributed by atoms with E-state index in [0.717, 1.165) is 34.0 Å². The molecule has 0 saturated heterocycles. The molecule has 0 fully saturated rings. The van der Waals surface area contributed by atoms with E-state index in [0.29, 0.717) is 20.9 Å². The predicted molar refractivity (Wildman–Crippen MR) is 176 cm³/mol. The lowest BCUT2D eigenvalue weighted by molar-refractivity contribution is -0.387. The summed E-state index contributed by atoms with van der Waals surface area (Å²) in [5.41, 5.74) is 3.23. The van der Waals surface area contributed by atoms with Gasteiger partial charge in [-0.3, -0.25) is 10.1 Å². The summed E-state index contributed by atoms with van der Waals surface area (Å²) in [5.74, 6) is -0.276. The first kappa shape index (κ1) is 34.6. The van der Waals surface area contributed by atoms with Gasteiger partial charge in [-0.1, -0.05) is 71.5 Å². The minimum Gasteiger partial charge on any atom is -0.305 e. The van der Waals surface area contributed by atoms with Crippen LogP contribution in [-0.2, 0) is 13.1 Å². The van der Waals surface area contributed by atoms with Crippen molar-refractivity contribution < 1.29 is 9.31 Å².